The molecule has 2 rings (SSSR count). The van der Waals surface area contributed by atoms with Gasteiger partial charge in [-0.2, -0.15) is 0 Å². The third-order valence-electron chi connectivity index (χ3n) is 3.44. The van der Waals surface area contributed by atoms with E-state index in [0.717, 1.165) is 43.2 Å². The number of carbonyl (C=O) groups is 1. The summed E-state index contributed by atoms with van der Waals surface area (Å²) < 4.78 is 0. The molecule has 1 aromatic heterocycles. The smallest absolute Gasteiger partial charge is 0.233 e. The molecule has 0 bridgehead atoms. The molecule has 1 aliphatic heterocycles. The van der Waals surface area contributed by atoms with Crippen LogP contribution < -0.4 is 10.6 Å². The Labute approximate surface area is 118 Å². The maximum absolute atomic E-state index is 11.3. The lowest BCUT2D eigenvalue weighted by atomic mass is 10.1. The molecule has 0 spiro atoms. The summed E-state index contributed by atoms with van der Waals surface area (Å²) in [6.07, 6.45) is 2.20. The van der Waals surface area contributed by atoms with E-state index in [1.54, 1.807) is 18.4 Å². The van der Waals surface area contributed by atoms with Gasteiger partial charge in [0, 0.05) is 43.8 Å². The number of thiazole rings is 1. The highest BCUT2D eigenvalue weighted by Crippen LogP contribution is 2.12. The summed E-state index contributed by atoms with van der Waals surface area (Å²) in [5.41, 5.74) is 1.10. The van der Waals surface area contributed by atoms with Gasteiger partial charge in [-0.25, -0.2) is 4.98 Å². The van der Waals surface area contributed by atoms with Crippen molar-refractivity contribution in [3.63, 3.8) is 0 Å². The fourth-order valence-electron chi connectivity index (χ4n) is 2.29. The second-order valence-corrected chi connectivity index (χ2v) is 5.93. The van der Waals surface area contributed by atoms with E-state index in [1.165, 1.54) is 0 Å². The maximum atomic E-state index is 11.3. The van der Waals surface area contributed by atoms with Gasteiger partial charge in [-0.3, -0.25) is 9.69 Å². The molecule has 1 fully saturated rings. The van der Waals surface area contributed by atoms with E-state index in [9.17, 15) is 4.79 Å². The highest BCUT2D eigenvalue weighted by Gasteiger charge is 2.20. The molecule has 0 radical (unpaired) electrons. The Hall–Kier alpha value is -0.980. The number of aromatic nitrogens is 1. The summed E-state index contributed by atoms with van der Waals surface area (Å²) in [5.74, 6) is 0.102. The Balaban J connectivity index is 1.67. The summed E-state index contributed by atoms with van der Waals surface area (Å²) in [7, 11) is 1.69. The first-order valence-electron chi connectivity index (χ1n) is 6.74. The third kappa shape index (κ3) is 4.56. The van der Waals surface area contributed by atoms with Crippen LogP contribution in [-0.4, -0.2) is 48.5 Å². The number of amides is 1. The number of piperidine rings is 1. The fraction of sp³-hybridized carbons (Fsp3) is 0.692. The summed E-state index contributed by atoms with van der Waals surface area (Å²) in [6, 6.07) is 0.546. The lowest BCUT2D eigenvalue weighted by Gasteiger charge is -2.31. The van der Waals surface area contributed by atoms with Crippen molar-refractivity contribution in [2.75, 3.05) is 26.7 Å². The molecule has 0 aliphatic carbocycles. The zero-order chi connectivity index (χ0) is 13.7. The predicted molar refractivity (Wildman–Crippen MR) is 77.2 cm³/mol. The fourth-order valence-corrected chi connectivity index (χ4v) is 3.02. The summed E-state index contributed by atoms with van der Waals surface area (Å²) >= 11 is 1.71. The van der Waals surface area contributed by atoms with Crippen LogP contribution >= 0.6 is 11.3 Å². The van der Waals surface area contributed by atoms with Gasteiger partial charge in [-0.15, -0.1) is 11.3 Å². The number of nitrogens with one attached hydrogen (secondary N) is 2. The average molecular weight is 282 g/mol. The standard InChI is InChI=1S/C13H22N4OS/c1-10-9-19-13(16-10)7-15-11-3-5-17(6-4-11)8-12(18)14-2/h9,11,15H,3-8H2,1-2H3,(H,14,18). The van der Waals surface area contributed by atoms with Crippen molar-refractivity contribution in [2.24, 2.45) is 0 Å². The molecule has 0 saturated carbocycles. The van der Waals surface area contributed by atoms with E-state index in [-0.39, 0.29) is 5.91 Å². The first-order valence-corrected chi connectivity index (χ1v) is 7.62. The van der Waals surface area contributed by atoms with Crippen molar-refractivity contribution in [1.29, 1.82) is 0 Å². The van der Waals surface area contributed by atoms with Gasteiger partial charge in [0.15, 0.2) is 0 Å². The van der Waals surface area contributed by atoms with Crippen molar-refractivity contribution < 1.29 is 4.79 Å². The van der Waals surface area contributed by atoms with Crippen molar-refractivity contribution >= 4 is 17.2 Å². The third-order valence-corrected chi connectivity index (χ3v) is 4.41. The van der Waals surface area contributed by atoms with Gasteiger partial charge in [-0.05, 0) is 19.8 Å². The number of likely N-dealkylation sites (N-methyl/N-ethyl adjacent to an activating group) is 1. The van der Waals surface area contributed by atoms with Crippen LogP contribution in [0.3, 0.4) is 0 Å². The zero-order valence-corrected chi connectivity index (χ0v) is 12.4. The second-order valence-electron chi connectivity index (χ2n) is 4.99. The minimum Gasteiger partial charge on any atom is -0.358 e. The Morgan fingerprint density at radius 1 is 1.53 bits per heavy atom. The molecule has 2 N–H and O–H groups in total. The van der Waals surface area contributed by atoms with Gasteiger partial charge < -0.3 is 10.6 Å². The average Bonchev–Trinajstić information content (AvgIpc) is 2.83. The van der Waals surface area contributed by atoms with Crippen LogP contribution in [0.15, 0.2) is 5.38 Å². The van der Waals surface area contributed by atoms with Gasteiger partial charge in [0.1, 0.15) is 5.01 Å². The van der Waals surface area contributed by atoms with Crippen LogP contribution in [0.25, 0.3) is 0 Å². The van der Waals surface area contributed by atoms with E-state index in [2.05, 4.69) is 25.9 Å². The number of nitrogens with zero attached hydrogens (tertiary/aromatic N) is 2. The SMILES string of the molecule is CNC(=O)CN1CCC(NCc2nc(C)cs2)CC1. The largest absolute Gasteiger partial charge is 0.358 e. The molecule has 5 nitrogen and oxygen atoms in total. The maximum Gasteiger partial charge on any atom is 0.233 e. The van der Waals surface area contributed by atoms with Crippen molar-refractivity contribution in [3.8, 4) is 0 Å². The van der Waals surface area contributed by atoms with Crippen LogP contribution in [0.5, 0.6) is 0 Å². The molecule has 1 amide bonds. The van der Waals surface area contributed by atoms with Crippen molar-refractivity contribution in [2.45, 2.75) is 32.4 Å². The molecule has 2 heterocycles. The molecule has 0 aromatic carbocycles. The van der Waals surface area contributed by atoms with Gasteiger partial charge in [-0.1, -0.05) is 0 Å². The van der Waals surface area contributed by atoms with Crippen molar-refractivity contribution in [3.05, 3.63) is 16.1 Å². The highest BCUT2D eigenvalue weighted by molar-refractivity contribution is 7.09. The lowest BCUT2D eigenvalue weighted by molar-refractivity contribution is -0.122. The Bertz CT molecular complexity index is 413. The van der Waals surface area contributed by atoms with Crippen LogP contribution in [0.2, 0.25) is 0 Å². The van der Waals surface area contributed by atoms with Crippen LogP contribution in [-0.2, 0) is 11.3 Å². The van der Waals surface area contributed by atoms with Gasteiger partial charge in [0.2, 0.25) is 5.91 Å². The normalized spacial score (nSPS) is 17.6. The topological polar surface area (TPSA) is 57.3 Å². The van der Waals surface area contributed by atoms with Gasteiger partial charge in [0.25, 0.3) is 0 Å². The monoisotopic (exact) mass is 282 g/mol. The van der Waals surface area contributed by atoms with Crippen molar-refractivity contribution in [1.82, 2.24) is 20.5 Å². The molecule has 1 aliphatic rings. The minimum atomic E-state index is 0.102. The van der Waals surface area contributed by atoms with Gasteiger partial charge >= 0.3 is 0 Å². The van der Waals surface area contributed by atoms with Crippen LogP contribution in [0.4, 0.5) is 0 Å². The molecule has 0 unspecified atom stereocenters. The van der Waals surface area contributed by atoms with Crippen LogP contribution in [0, 0.1) is 6.92 Å². The Morgan fingerprint density at radius 2 is 2.26 bits per heavy atom. The van der Waals surface area contributed by atoms with E-state index < -0.39 is 0 Å². The molecular formula is C13H22N4OS. The molecule has 19 heavy (non-hydrogen) atoms. The number of hydrogen-bond donors (Lipinski definition) is 2. The highest BCUT2D eigenvalue weighted by atomic mass is 32.1. The quantitative estimate of drug-likeness (QED) is 0.837. The summed E-state index contributed by atoms with van der Waals surface area (Å²) in [5, 5.41) is 9.47. The number of hydrogen-bond acceptors (Lipinski definition) is 5. The molecular weight excluding hydrogens is 260 g/mol. The first kappa shape index (κ1) is 14.4. The molecule has 6 heteroatoms. The Morgan fingerprint density at radius 3 is 2.84 bits per heavy atom. The van der Waals surface area contributed by atoms with E-state index >= 15 is 0 Å². The Kier molecular flexibility index (Phi) is 5.30. The van der Waals surface area contributed by atoms with E-state index in [4.69, 9.17) is 0 Å². The van der Waals surface area contributed by atoms with Gasteiger partial charge in [0.05, 0.1) is 6.54 Å². The molecule has 106 valence electrons. The predicted octanol–water partition coefficient (Wildman–Crippen LogP) is 0.752. The lowest BCUT2D eigenvalue weighted by Crippen LogP contribution is -2.45. The zero-order valence-electron chi connectivity index (χ0n) is 11.6. The number of aryl methyl sites for hydroxylation is 1. The second kappa shape index (κ2) is 6.98. The van der Waals surface area contributed by atoms with E-state index in [1.807, 2.05) is 6.92 Å². The summed E-state index contributed by atoms with van der Waals surface area (Å²) in [6.45, 7) is 5.38. The number of likely N-dealkylation sites (tertiary alicyclic amines) is 1. The molecule has 1 saturated heterocycles. The first-order chi connectivity index (χ1) is 9.17. The van der Waals surface area contributed by atoms with Crippen LogP contribution in [0.1, 0.15) is 23.5 Å². The molecule has 1 aromatic rings. The van der Waals surface area contributed by atoms with E-state index in [0.29, 0.717) is 12.6 Å². The summed E-state index contributed by atoms with van der Waals surface area (Å²) in [4.78, 5) is 18.0. The number of carbonyl (C=O) groups excluding carboxylic acids is 1. The number of rotatable bonds is 5. The minimum absolute atomic E-state index is 0.102. The molecule has 0 atom stereocenters.